The second-order valence-corrected chi connectivity index (χ2v) is 12.9. The average Bonchev–Trinajstić information content (AvgIpc) is 3.16. The smallest absolute Gasteiger partial charge is 0.335 e. The predicted octanol–water partition coefficient (Wildman–Crippen LogP) is 4.29. The molecule has 8 atom stereocenters. The number of ether oxygens (including phenoxy) is 1. The van der Waals surface area contributed by atoms with Gasteiger partial charge in [-0.25, -0.2) is 9.59 Å². The second-order valence-electron chi connectivity index (χ2n) is 12.9. The third kappa shape index (κ3) is 3.67. The van der Waals surface area contributed by atoms with Crippen LogP contribution in [-0.4, -0.2) is 54.0 Å². The Morgan fingerprint density at radius 3 is 2.58 bits per heavy atom. The van der Waals surface area contributed by atoms with E-state index in [4.69, 9.17) is 9.15 Å². The van der Waals surface area contributed by atoms with E-state index < -0.39 is 5.60 Å². The molecule has 1 aliphatic heterocycles. The molecule has 2 amide bonds. The lowest BCUT2D eigenvalue weighted by Crippen LogP contribution is -2.62. The summed E-state index contributed by atoms with van der Waals surface area (Å²) in [5, 5.41) is 15.7. The summed E-state index contributed by atoms with van der Waals surface area (Å²) in [7, 11) is 0. The third-order valence-electron chi connectivity index (χ3n) is 11.6. The highest BCUT2D eigenvalue weighted by Crippen LogP contribution is 2.70. The van der Waals surface area contributed by atoms with Gasteiger partial charge in [-0.05, 0) is 98.5 Å². The van der Waals surface area contributed by atoms with Crippen molar-refractivity contribution in [3.8, 4) is 0 Å². The van der Waals surface area contributed by atoms with Gasteiger partial charge in [0.05, 0.1) is 25.1 Å². The number of hydrogen-bond donors (Lipinski definition) is 2. The first-order valence-electron chi connectivity index (χ1n) is 14.2. The maximum absolute atomic E-state index is 12.8. The minimum Gasteiger partial charge on any atom is -0.431 e. The van der Waals surface area contributed by atoms with Crippen LogP contribution in [0.1, 0.15) is 83.1 Å². The SMILES string of the molecule is CC12CC[C@H](NC(=O)N3CCOCC3)C[C@H]1CC[C@@H]1[C@@H]2CCC2(C)[C@@H](c3ccc(=O)oc3)CC[C@]12O. The van der Waals surface area contributed by atoms with E-state index in [1.54, 1.807) is 6.26 Å². The molecular weight excluding hydrogens is 456 g/mol. The van der Waals surface area contributed by atoms with Crippen molar-refractivity contribution in [3.63, 3.8) is 0 Å². The van der Waals surface area contributed by atoms with Gasteiger partial charge in [-0.2, -0.15) is 0 Å². The number of hydrogen-bond acceptors (Lipinski definition) is 5. The van der Waals surface area contributed by atoms with E-state index in [9.17, 15) is 14.7 Å². The van der Waals surface area contributed by atoms with Gasteiger partial charge in [-0.1, -0.05) is 13.8 Å². The van der Waals surface area contributed by atoms with Gasteiger partial charge in [0.25, 0.3) is 0 Å². The van der Waals surface area contributed by atoms with Gasteiger partial charge in [-0.15, -0.1) is 0 Å². The summed E-state index contributed by atoms with van der Waals surface area (Å²) in [6.45, 7) is 7.39. The molecule has 7 nitrogen and oxygen atoms in total. The number of carbonyl (C=O) groups excluding carboxylic acids is 1. The van der Waals surface area contributed by atoms with Gasteiger partial charge in [0.15, 0.2) is 0 Å². The van der Waals surface area contributed by atoms with E-state index >= 15 is 0 Å². The van der Waals surface area contributed by atoms with Crippen LogP contribution in [0.4, 0.5) is 4.79 Å². The summed E-state index contributed by atoms with van der Waals surface area (Å²) in [5.74, 6) is 1.66. The Bertz CT molecular complexity index is 1030. The molecule has 0 bridgehead atoms. The Labute approximate surface area is 214 Å². The highest BCUT2D eigenvalue weighted by atomic mass is 16.5. The fourth-order valence-electron chi connectivity index (χ4n) is 9.49. The van der Waals surface area contributed by atoms with Crippen LogP contribution < -0.4 is 10.9 Å². The molecule has 1 aromatic heterocycles. The minimum absolute atomic E-state index is 0.0667. The first-order chi connectivity index (χ1) is 17.2. The van der Waals surface area contributed by atoms with Gasteiger partial charge < -0.3 is 24.5 Å². The lowest BCUT2D eigenvalue weighted by molar-refractivity contribution is -0.201. The van der Waals surface area contributed by atoms with Gasteiger partial charge in [0, 0.05) is 30.6 Å². The van der Waals surface area contributed by atoms with Crippen molar-refractivity contribution in [3.05, 3.63) is 34.4 Å². The normalized spacial score (nSPS) is 44.3. The zero-order valence-corrected chi connectivity index (χ0v) is 21.8. The topological polar surface area (TPSA) is 92.0 Å². The maximum atomic E-state index is 12.8. The van der Waals surface area contributed by atoms with Crippen LogP contribution in [0.2, 0.25) is 0 Å². The Morgan fingerprint density at radius 1 is 1.03 bits per heavy atom. The molecule has 2 heterocycles. The molecule has 5 fully saturated rings. The molecule has 1 aromatic rings. The van der Waals surface area contributed by atoms with Crippen molar-refractivity contribution in [1.29, 1.82) is 0 Å². The molecule has 0 spiro atoms. The van der Waals surface area contributed by atoms with Gasteiger partial charge >= 0.3 is 11.7 Å². The average molecular weight is 499 g/mol. The van der Waals surface area contributed by atoms with E-state index in [1.807, 2.05) is 11.0 Å². The number of fused-ring (bicyclic) bond motifs is 5. The Balaban J connectivity index is 1.17. The lowest BCUT2D eigenvalue weighted by Gasteiger charge is -2.63. The summed E-state index contributed by atoms with van der Waals surface area (Å²) in [6, 6.07) is 3.74. The highest BCUT2D eigenvalue weighted by Gasteiger charge is 2.67. The number of aliphatic hydroxyl groups is 1. The van der Waals surface area contributed by atoms with Crippen LogP contribution in [0.15, 0.2) is 27.6 Å². The van der Waals surface area contributed by atoms with Crippen LogP contribution in [0, 0.1) is 28.6 Å². The molecule has 2 unspecified atom stereocenters. The van der Waals surface area contributed by atoms with E-state index in [0.29, 0.717) is 44.1 Å². The largest absolute Gasteiger partial charge is 0.431 e. The molecule has 198 valence electrons. The van der Waals surface area contributed by atoms with Crippen molar-refractivity contribution in [2.75, 3.05) is 26.3 Å². The summed E-state index contributed by atoms with van der Waals surface area (Å²) in [6.07, 6.45) is 10.9. The molecule has 0 radical (unpaired) electrons. The Morgan fingerprint density at radius 2 is 1.83 bits per heavy atom. The molecule has 6 rings (SSSR count). The van der Waals surface area contributed by atoms with Crippen LogP contribution >= 0.6 is 0 Å². The van der Waals surface area contributed by atoms with E-state index in [0.717, 1.165) is 63.4 Å². The number of amides is 2. The fourth-order valence-corrected chi connectivity index (χ4v) is 9.49. The standard InChI is InChI=1S/C29H42N2O5/c1-27-10-7-21(30-26(33)31-13-15-35-16-14-31)17-20(27)4-5-24-23(27)8-11-28(2)22(9-12-29(24,28)34)19-3-6-25(32)36-18-19/h3,6,18,20-24,34H,4-5,7-17H2,1-2H3,(H,30,33)/t20-,21+,22-,23+,24-,27?,28?,29+/m1/s1. The number of nitrogens with zero attached hydrogens (tertiary/aromatic N) is 1. The fraction of sp³-hybridized carbons (Fsp3) is 0.793. The molecule has 4 saturated carbocycles. The molecular formula is C29H42N2O5. The zero-order valence-electron chi connectivity index (χ0n) is 21.8. The van der Waals surface area contributed by atoms with Crippen molar-refractivity contribution in [2.24, 2.45) is 28.6 Å². The zero-order chi connectivity index (χ0) is 25.1. The van der Waals surface area contributed by atoms with E-state index in [2.05, 4.69) is 19.2 Å². The maximum Gasteiger partial charge on any atom is 0.335 e. The second kappa shape index (κ2) is 8.87. The van der Waals surface area contributed by atoms with Gasteiger partial charge in [0.1, 0.15) is 0 Å². The van der Waals surface area contributed by atoms with Crippen LogP contribution in [0.3, 0.4) is 0 Å². The predicted molar refractivity (Wildman–Crippen MR) is 136 cm³/mol. The third-order valence-corrected chi connectivity index (χ3v) is 11.6. The van der Waals surface area contributed by atoms with Crippen LogP contribution in [-0.2, 0) is 4.74 Å². The monoisotopic (exact) mass is 498 g/mol. The molecule has 2 N–H and O–H groups in total. The minimum atomic E-state index is -0.675. The Hall–Kier alpha value is -1.86. The summed E-state index contributed by atoms with van der Waals surface area (Å²) in [5.41, 5.74) is 0.0941. The molecule has 1 saturated heterocycles. The van der Waals surface area contributed by atoms with E-state index in [1.165, 1.54) is 6.07 Å². The molecule has 36 heavy (non-hydrogen) atoms. The number of nitrogens with one attached hydrogen (secondary N) is 1. The summed E-state index contributed by atoms with van der Waals surface area (Å²) < 4.78 is 10.6. The lowest BCUT2D eigenvalue weighted by atomic mass is 9.43. The van der Waals surface area contributed by atoms with Crippen LogP contribution in [0.25, 0.3) is 0 Å². The highest BCUT2D eigenvalue weighted by molar-refractivity contribution is 5.74. The molecule has 5 aliphatic rings. The molecule has 0 aromatic carbocycles. The summed E-state index contributed by atoms with van der Waals surface area (Å²) in [4.78, 5) is 26.2. The van der Waals surface area contributed by atoms with Crippen molar-refractivity contribution in [2.45, 2.75) is 89.2 Å². The quantitative estimate of drug-likeness (QED) is 0.635. The number of rotatable bonds is 2. The first-order valence-corrected chi connectivity index (χ1v) is 14.2. The van der Waals surface area contributed by atoms with Gasteiger partial charge in [-0.3, -0.25) is 0 Å². The first kappa shape index (κ1) is 24.5. The van der Waals surface area contributed by atoms with Crippen molar-refractivity contribution >= 4 is 6.03 Å². The molecule has 4 aliphatic carbocycles. The Kier molecular flexibility index (Phi) is 6.03. The molecule has 7 heteroatoms. The number of carbonyl (C=O) groups is 1. The van der Waals surface area contributed by atoms with Crippen molar-refractivity contribution < 1.29 is 19.1 Å². The number of urea groups is 1. The number of morpholine rings is 1. The van der Waals surface area contributed by atoms with Gasteiger partial charge in [0.2, 0.25) is 0 Å². The van der Waals surface area contributed by atoms with Crippen molar-refractivity contribution in [1.82, 2.24) is 10.2 Å². The summed E-state index contributed by atoms with van der Waals surface area (Å²) >= 11 is 0. The van der Waals surface area contributed by atoms with E-state index in [-0.39, 0.29) is 34.4 Å². The van der Waals surface area contributed by atoms with Crippen LogP contribution in [0.5, 0.6) is 0 Å².